The fourth-order valence-electron chi connectivity index (χ4n) is 1.21. The van der Waals surface area contributed by atoms with Crippen LogP contribution in [0.2, 0.25) is 0 Å². The molecule has 2 atom stereocenters. The summed E-state index contributed by atoms with van der Waals surface area (Å²) in [5.74, 6) is -0.399. The topological polar surface area (TPSA) is 67.4 Å². The van der Waals surface area contributed by atoms with Gasteiger partial charge in [0.05, 0.1) is 0 Å². The lowest BCUT2D eigenvalue weighted by atomic mass is 10.0. The van der Waals surface area contributed by atoms with Gasteiger partial charge in [0.2, 0.25) is 12.1 Å². The Morgan fingerprint density at radius 2 is 1.85 bits per heavy atom. The van der Waals surface area contributed by atoms with Crippen molar-refractivity contribution >= 4 is 11.8 Å². The van der Waals surface area contributed by atoms with Gasteiger partial charge in [0.15, 0.2) is 0 Å². The second-order valence-corrected chi connectivity index (χ2v) is 3.35. The highest BCUT2D eigenvalue weighted by molar-refractivity contribution is 5.96. The Morgan fingerprint density at radius 3 is 2.31 bits per heavy atom. The average molecular weight is 186 g/mol. The highest BCUT2D eigenvalue weighted by Crippen LogP contribution is 2.06. The van der Waals surface area contributed by atoms with Crippen LogP contribution in [0.15, 0.2) is 0 Å². The largest absolute Gasteiger partial charge is 0.353 e. The molecule has 2 N–H and O–H groups in total. The van der Waals surface area contributed by atoms with Gasteiger partial charge in [-0.2, -0.15) is 0 Å². The van der Waals surface area contributed by atoms with Crippen molar-refractivity contribution in [3.8, 4) is 0 Å². The molecule has 1 aliphatic rings. The van der Waals surface area contributed by atoms with Crippen molar-refractivity contribution in [3.05, 3.63) is 0 Å². The van der Waals surface area contributed by atoms with Crippen molar-refractivity contribution < 1.29 is 14.3 Å². The zero-order chi connectivity index (χ0) is 10.0. The molecular weight excluding hydrogens is 172 g/mol. The summed E-state index contributed by atoms with van der Waals surface area (Å²) in [5.41, 5.74) is 0. The molecule has 0 aliphatic carbocycles. The minimum absolute atomic E-state index is 0.0850. The van der Waals surface area contributed by atoms with E-state index in [9.17, 15) is 9.59 Å². The minimum atomic E-state index is -0.845. The molecule has 0 radical (unpaired) electrons. The van der Waals surface area contributed by atoms with Crippen LogP contribution in [0.25, 0.3) is 0 Å². The van der Waals surface area contributed by atoms with Gasteiger partial charge in [0.25, 0.3) is 5.91 Å². The summed E-state index contributed by atoms with van der Waals surface area (Å²) in [6.07, 6.45) is -0.845. The van der Waals surface area contributed by atoms with Crippen molar-refractivity contribution in [2.24, 2.45) is 5.92 Å². The number of hydrogen-bond acceptors (Lipinski definition) is 3. The molecule has 5 nitrogen and oxygen atoms in total. The zero-order valence-corrected chi connectivity index (χ0v) is 7.96. The van der Waals surface area contributed by atoms with E-state index < -0.39 is 12.3 Å². The fraction of sp³-hybridized carbons (Fsp3) is 0.750. The number of carbonyl (C=O) groups is 2. The summed E-state index contributed by atoms with van der Waals surface area (Å²) in [4.78, 5) is 22.6. The fourth-order valence-corrected chi connectivity index (χ4v) is 1.21. The molecule has 2 amide bonds. The van der Waals surface area contributed by atoms with E-state index >= 15 is 0 Å². The van der Waals surface area contributed by atoms with Gasteiger partial charge in [-0.1, -0.05) is 13.8 Å². The summed E-state index contributed by atoms with van der Waals surface area (Å²) in [6.45, 7) is 3.75. The first-order chi connectivity index (χ1) is 6.06. The maximum atomic E-state index is 11.3. The smallest absolute Gasteiger partial charge is 0.270 e. The maximum Gasteiger partial charge on any atom is 0.270 e. The molecule has 1 aliphatic heterocycles. The third kappa shape index (κ3) is 1.98. The summed E-state index contributed by atoms with van der Waals surface area (Å²) in [7, 11) is 1.38. The highest BCUT2D eigenvalue weighted by atomic mass is 16.5. The Balaban J connectivity index is 2.67. The number of ether oxygens (including phenoxy) is 1. The number of methoxy groups -OCH3 is 1. The minimum Gasteiger partial charge on any atom is -0.353 e. The lowest BCUT2D eigenvalue weighted by molar-refractivity contribution is -0.147. The van der Waals surface area contributed by atoms with Crippen molar-refractivity contribution in [3.63, 3.8) is 0 Å². The molecule has 13 heavy (non-hydrogen) atoms. The van der Waals surface area contributed by atoms with Gasteiger partial charge in [0, 0.05) is 7.11 Å². The predicted octanol–water partition coefficient (Wildman–Crippen LogP) is -0.771. The van der Waals surface area contributed by atoms with E-state index in [4.69, 9.17) is 4.74 Å². The summed E-state index contributed by atoms with van der Waals surface area (Å²) in [6, 6.07) is -0.445. The van der Waals surface area contributed by atoms with Gasteiger partial charge in [-0.25, -0.2) is 0 Å². The average Bonchev–Trinajstić information content (AvgIpc) is 2.07. The lowest BCUT2D eigenvalue weighted by Gasteiger charge is -2.30. The van der Waals surface area contributed by atoms with Crippen LogP contribution in [0.5, 0.6) is 0 Å². The molecular formula is C8H14N2O3. The van der Waals surface area contributed by atoms with Crippen molar-refractivity contribution in [2.45, 2.75) is 26.1 Å². The van der Waals surface area contributed by atoms with Gasteiger partial charge in [-0.3, -0.25) is 9.59 Å². The zero-order valence-electron chi connectivity index (χ0n) is 7.96. The first-order valence-electron chi connectivity index (χ1n) is 4.19. The van der Waals surface area contributed by atoms with Gasteiger partial charge in [-0.05, 0) is 5.92 Å². The van der Waals surface area contributed by atoms with Gasteiger partial charge < -0.3 is 15.4 Å². The molecule has 0 aromatic rings. The monoisotopic (exact) mass is 186 g/mol. The standard InChI is InChI=1S/C8H14N2O3/c1-4(2)5-6(11)10-8(13-3)7(12)9-5/h4-5,8H,1-3H3,(H,9,12)(H,10,11)/t5-,8-/m0/s1. The second kappa shape index (κ2) is 3.74. The number of amides is 2. The van der Waals surface area contributed by atoms with Crippen LogP contribution in [0, 0.1) is 5.92 Å². The molecule has 0 unspecified atom stereocenters. The van der Waals surface area contributed by atoms with E-state index in [0.717, 1.165) is 0 Å². The Hall–Kier alpha value is -1.10. The van der Waals surface area contributed by atoms with Crippen LogP contribution in [-0.4, -0.2) is 31.2 Å². The van der Waals surface area contributed by atoms with Crippen LogP contribution < -0.4 is 10.6 Å². The number of carbonyl (C=O) groups excluding carboxylic acids is 2. The van der Waals surface area contributed by atoms with Crippen LogP contribution in [-0.2, 0) is 14.3 Å². The predicted molar refractivity (Wildman–Crippen MR) is 45.7 cm³/mol. The summed E-state index contributed by atoms with van der Waals surface area (Å²) < 4.78 is 4.76. The molecule has 0 aromatic carbocycles. The van der Waals surface area contributed by atoms with Crippen LogP contribution in [0.1, 0.15) is 13.8 Å². The maximum absolute atomic E-state index is 11.3. The molecule has 1 saturated heterocycles. The first-order valence-corrected chi connectivity index (χ1v) is 4.19. The molecule has 1 rings (SSSR count). The first kappa shape index (κ1) is 9.98. The van der Waals surface area contributed by atoms with E-state index in [0.29, 0.717) is 0 Å². The molecule has 1 fully saturated rings. The van der Waals surface area contributed by atoms with E-state index in [2.05, 4.69) is 10.6 Å². The third-order valence-electron chi connectivity index (χ3n) is 1.99. The van der Waals surface area contributed by atoms with Crippen molar-refractivity contribution in [1.29, 1.82) is 0 Å². The second-order valence-electron chi connectivity index (χ2n) is 3.35. The number of hydrogen-bond donors (Lipinski definition) is 2. The Morgan fingerprint density at radius 1 is 1.23 bits per heavy atom. The Labute approximate surface area is 76.8 Å². The van der Waals surface area contributed by atoms with Gasteiger partial charge in [0.1, 0.15) is 6.04 Å². The quantitative estimate of drug-likeness (QED) is 0.595. The van der Waals surface area contributed by atoms with Crippen LogP contribution >= 0.6 is 0 Å². The van der Waals surface area contributed by atoms with E-state index in [1.54, 1.807) is 0 Å². The molecule has 0 aromatic heterocycles. The summed E-state index contributed by atoms with van der Waals surface area (Å²) >= 11 is 0. The molecule has 0 bridgehead atoms. The van der Waals surface area contributed by atoms with E-state index in [1.807, 2.05) is 13.8 Å². The molecule has 0 spiro atoms. The normalized spacial score (nSPS) is 28.6. The van der Waals surface area contributed by atoms with E-state index in [1.165, 1.54) is 7.11 Å². The van der Waals surface area contributed by atoms with Gasteiger partial charge >= 0.3 is 0 Å². The molecule has 1 heterocycles. The Kier molecular flexibility index (Phi) is 2.87. The number of rotatable bonds is 2. The van der Waals surface area contributed by atoms with Crippen LogP contribution in [0.4, 0.5) is 0 Å². The Bertz CT molecular complexity index is 227. The van der Waals surface area contributed by atoms with E-state index in [-0.39, 0.29) is 17.7 Å². The lowest BCUT2D eigenvalue weighted by Crippen LogP contribution is -2.63. The third-order valence-corrected chi connectivity index (χ3v) is 1.99. The highest BCUT2D eigenvalue weighted by Gasteiger charge is 2.34. The van der Waals surface area contributed by atoms with Crippen molar-refractivity contribution in [1.82, 2.24) is 10.6 Å². The van der Waals surface area contributed by atoms with Crippen LogP contribution in [0.3, 0.4) is 0 Å². The SMILES string of the molecule is CO[C@@H]1NC(=O)[C@H](C(C)C)NC1=O. The molecule has 74 valence electrons. The number of piperazine rings is 1. The van der Waals surface area contributed by atoms with Gasteiger partial charge in [-0.15, -0.1) is 0 Å². The summed E-state index contributed by atoms with van der Waals surface area (Å²) in [5, 5.41) is 5.06. The number of nitrogens with one attached hydrogen (secondary N) is 2. The molecule has 5 heteroatoms. The molecule has 0 saturated carbocycles. The van der Waals surface area contributed by atoms with Crippen molar-refractivity contribution in [2.75, 3.05) is 7.11 Å².